The van der Waals surface area contributed by atoms with Gasteiger partial charge in [-0.3, -0.25) is 0 Å². The molecule has 1 heterocycles. The van der Waals surface area contributed by atoms with E-state index in [0.29, 0.717) is 11.8 Å². The van der Waals surface area contributed by atoms with Gasteiger partial charge in [0.15, 0.2) is 0 Å². The van der Waals surface area contributed by atoms with E-state index >= 15 is 0 Å². The molecule has 0 atom stereocenters. The maximum absolute atomic E-state index is 11.7. The van der Waals surface area contributed by atoms with Crippen molar-refractivity contribution in [1.82, 2.24) is 4.90 Å². The van der Waals surface area contributed by atoms with Crippen LogP contribution in [-0.2, 0) is 14.2 Å². The van der Waals surface area contributed by atoms with Gasteiger partial charge in [0.2, 0.25) is 11.8 Å². The zero-order chi connectivity index (χ0) is 12.0. The standard InChI is InChI=1S/C11H15NO4/c1-4-16-11(13)12-9(14-2)7-5-6-8-10(12)15-3/h5-8H,4H2,1-3H3. The quantitative estimate of drug-likeness (QED) is 0.737. The van der Waals surface area contributed by atoms with E-state index in [1.165, 1.54) is 19.1 Å². The third-order valence-corrected chi connectivity index (χ3v) is 1.90. The van der Waals surface area contributed by atoms with Gasteiger partial charge in [0.1, 0.15) is 0 Å². The Balaban J connectivity index is 3.01. The van der Waals surface area contributed by atoms with Gasteiger partial charge in [-0.2, -0.15) is 4.90 Å². The Kier molecular flexibility index (Phi) is 4.44. The Morgan fingerprint density at radius 3 is 2.06 bits per heavy atom. The molecule has 0 fully saturated rings. The lowest BCUT2D eigenvalue weighted by atomic mass is 10.5. The average molecular weight is 225 g/mol. The van der Waals surface area contributed by atoms with E-state index in [2.05, 4.69) is 0 Å². The SMILES string of the molecule is CCOC(=O)N1C(OC)=CC=CC=C1OC. The van der Waals surface area contributed by atoms with Crippen molar-refractivity contribution < 1.29 is 19.0 Å². The minimum atomic E-state index is -0.535. The first kappa shape index (κ1) is 12.2. The fraction of sp³-hybridized carbons (Fsp3) is 0.364. The van der Waals surface area contributed by atoms with E-state index in [9.17, 15) is 4.79 Å². The Bertz CT molecular complexity index is 320. The number of ether oxygens (including phenoxy) is 3. The molecule has 0 saturated heterocycles. The van der Waals surface area contributed by atoms with Gasteiger partial charge >= 0.3 is 6.09 Å². The summed E-state index contributed by atoms with van der Waals surface area (Å²) in [4.78, 5) is 12.9. The molecule has 0 aliphatic carbocycles. The lowest BCUT2D eigenvalue weighted by molar-refractivity contribution is 0.0715. The molecule has 1 rings (SSSR count). The summed E-state index contributed by atoms with van der Waals surface area (Å²) in [5.41, 5.74) is 0. The number of nitrogens with zero attached hydrogens (tertiary/aromatic N) is 1. The van der Waals surface area contributed by atoms with E-state index in [0.717, 1.165) is 0 Å². The van der Waals surface area contributed by atoms with Crippen LogP contribution < -0.4 is 0 Å². The summed E-state index contributed by atoms with van der Waals surface area (Å²) >= 11 is 0. The van der Waals surface area contributed by atoms with E-state index in [1.54, 1.807) is 31.2 Å². The smallest absolute Gasteiger partial charge is 0.423 e. The molecule has 0 aromatic rings. The summed E-state index contributed by atoms with van der Waals surface area (Å²) in [5.74, 6) is 0.695. The number of hydrogen-bond acceptors (Lipinski definition) is 4. The topological polar surface area (TPSA) is 48.0 Å². The maximum Gasteiger partial charge on any atom is 0.423 e. The van der Waals surface area contributed by atoms with Crippen molar-refractivity contribution in [3.63, 3.8) is 0 Å². The predicted octanol–water partition coefficient (Wildman–Crippen LogP) is 1.99. The molecule has 0 saturated carbocycles. The Morgan fingerprint density at radius 1 is 1.19 bits per heavy atom. The summed E-state index contributed by atoms with van der Waals surface area (Å²) in [6.07, 6.45) is 6.26. The number of methoxy groups -OCH3 is 2. The van der Waals surface area contributed by atoms with Crippen LogP contribution in [0.1, 0.15) is 6.92 Å². The fourth-order valence-electron chi connectivity index (χ4n) is 1.22. The molecule has 0 aromatic heterocycles. The minimum Gasteiger partial charge on any atom is -0.482 e. The highest BCUT2D eigenvalue weighted by Crippen LogP contribution is 2.18. The molecule has 0 aromatic carbocycles. The zero-order valence-electron chi connectivity index (χ0n) is 9.60. The van der Waals surface area contributed by atoms with Gasteiger partial charge in [-0.05, 0) is 19.1 Å². The molecule has 1 amide bonds. The van der Waals surface area contributed by atoms with Gasteiger partial charge in [-0.15, -0.1) is 0 Å². The van der Waals surface area contributed by atoms with Crippen LogP contribution in [0.5, 0.6) is 0 Å². The number of carbonyl (C=O) groups is 1. The first-order chi connectivity index (χ1) is 7.74. The monoisotopic (exact) mass is 225 g/mol. The van der Waals surface area contributed by atoms with Gasteiger partial charge in [0.25, 0.3) is 0 Å². The van der Waals surface area contributed by atoms with Gasteiger partial charge in [0, 0.05) is 0 Å². The number of rotatable bonds is 3. The average Bonchev–Trinajstić information content (AvgIpc) is 2.50. The molecule has 0 unspecified atom stereocenters. The lowest BCUT2D eigenvalue weighted by Gasteiger charge is -2.23. The van der Waals surface area contributed by atoms with Crippen LogP contribution in [0.3, 0.4) is 0 Å². The summed E-state index contributed by atoms with van der Waals surface area (Å²) in [5, 5.41) is 0. The van der Waals surface area contributed by atoms with Crippen LogP contribution in [-0.4, -0.2) is 31.8 Å². The molecular formula is C11H15NO4. The molecular weight excluding hydrogens is 210 g/mol. The molecule has 88 valence electrons. The highest BCUT2D eigenvalue weighted by atomic mass is 16.6. The largest absolute Gasteiger partial charge is 0.482 e. The first-order valence-corrected chi connectivity index (χ1v) is 4.88. The van der Waals surface area contributed by atoms with E-state index in [4.69, 9.17) is 14.2 Å². The third kappa shape index (κ3) is 2.56. The normalized spacial score (nSPS) is 14.8. The molecule has 5 nitrogen and oxygen atoms in total. The second-order valence-corrected chi connectivity index (χ2v) is 2.84. The zero-order valence-corrected chi connectivity index (χ0v) is 9.60. The number of allylic oxidation sites excluding steroid dienone is 4. The number of hydrogen-bond donors (Lipinski definition) is 0. The van der Waals surface area contributed by atoms with Crippen molar-refractivity contribution in [2.75, 3.05) is 20.8 Å². The van der Waals surface area contributed by atoms with Crippen LogP contribution in [0, 0.1) is 0 Å². The van der Waals surface area contributed by atoms with Crippen LogP contribution in [0.15, 0.2) is 36.1 Å². The van der Waals surface area contributed by atoms with E-state index in [1.807, 2.05) is 0 Å². The number of amides is 1. The van der Waals surface area contributed by atoms with Crippen molar-refractivity contribution in [1.29, 1.82) is 0 Å². The van der Waals surface area contributed by atoms with Crippen LogP contribution >= 0.6 is 0 Å². The lowest BCUT2D eigenvalue weighted by Crippen LogP contribution is -2.31. The van der Waals surface area contributed by atoms with Crippen LogP contribution in [0.2, 0.25) is 0 Å². The molecule has 0 N–H and O–H groups in total. The van der Waals surface area contributed by atoms with Gasteiger partial charge in [-0.1, -0.05) is 12.2 Å². The molecule has 0 radical (unpaired) electrons. The summed E-state index contributed by atoms with van der Waals surface area (Å²) in [6, 6.07) is 0. The Morgan fingerprint density at radius 2 is 1.69 bits per heavy atom. The van der Waals surface area contributed by atoms with Gasteiger partial charge in [-0.25, -0.2) is 4.79 Å². The summed E-state index contributed by atoms with van der Waals surface area (Å²) in [7, 11) is 2.95. The van der Waals surface area contributed by atoms with Crippen molar-refractivity contribution in [2.45, 2.75) is 6.92 Å². The first-order valence-electron chi connectivity index (χ1n) is 4.88. The Labute approximate surface area is 94.6 Å². The van der Waals surface area contributed by atoms with Crippen molar-refractivity contribution >= 4 is 6.09 Å². The molecule has 0 bridgehead atoms. The summed E-state index contributed by atoms with van der Waals surface area (Å²) < 4.78 is 15.1. The second kappa shape index (κ2) is 5.85. The molecule has 1 aliphatic rings. The van der Waals surface area contributed by atoms with E-state index < -0.39 is 6.09 Å². The van der Waals surface area contributed by atoms with Crippen LogP contribution in [0.4, 0.5) is 4.79 Å². The highest BCUT2D eigenvalue weighted by Gasteiger charge is 2.25. The van der Waals surface area contributed by atoms with Gasteiger partial charge in [0.05, 0.1) is 20.8 Å². The van der Waals surface area contributed by atoms with Crippen molar-refractivity contribution in [2.24, 2.45) is 0 Å². The second-order valence-electron chi connectivity index (χ2n) is 2.84. The molecule has 1 aliphatic heterocycles. The van der Waals surface area contributed by atoms with Crippen molar-refractivity contribution in [3.8, 4) is 0 Å². The maximum atomic E-state index is 11.7. The molecule has 0 spiro atoms. The Hall–Kier alpha value is -1.91. The minimum absolute atomic E-state index is 0.288. The summed E-state index contributed by atoms with van der Waals surface area (Å²) in [6.45, 7) is 2.02. The fourth-order valence-corrected chi connectivity index (χ4v) is 1.22. The van der Waals surface area contributed by atoms with Gasteiger partial charge < -0.3 is 14.2 Å². The highest BCUT2D eigenvalue weighted by molar-refractivity contribution is 5.72. The molecule has 5 heteroatoms. The predicted molar refractivity (Wildman–Crippen MR) is 58.2 cm³/mol. The molecule has 16 heavy (non-hydrogen) atoms. The van der Waals surface area contributed by atoms with Crippen LogP contribution in [0.25, 0.3) is 0 Å². The van der Waals surface area contributed by atoms with Crippen molar-refractivity contribution in [3.05, 3.63) is 36.1 Å². The van der Waals surface area contributed by atoms with E-state index in [-0.39, 0.29) is 6.61 Å². The third-order valence-electron chi connectivity index (χ3n) is 1.90. The number of carbonyl (C=O) groups excluding carboxylic acids is 1.